The van der Waals surface area contributed by atoms with Gasteiger partial charge in [0.05, 0.1) is 30.3 Å². The number of carbonyl (C=O) groups excluding carboxylic acids is 1. The number of anilines is 1. The van der Waals surface area contributed by atoms with Gasteiger partial charge in [0.25, 0.3) is 0 Å². The molecule has 0 saturated carbocycles. The van der Waals surface area contributed by atoms with Crippen LogP contribution < -0.4 is 5.32 Å². The van der Waals surface area contributed by atoms with Crippen LogP contribution in [-0.4, -0.2) is 41.5 Å². The van der Waals surface area contributed by atoms with E-state index in [4.69, 9.17) is 23.1 Å². The molecule has 1 aromatic rings. The standard InChI is InChI=1S/C13H13ClN2O3/c1-2-7-16(9-13(18)19)8-12(17)15-11-6-4-3-5-10(11)14/h1,3-6H,7-9H2,(H,15,17)(H,18,19). The van der Waals surface area contributed by atoms with Crippen LogP contribution in [0.3, 0.4) is 0 Å². The van der Waals surface area contributed by atoms with E-state index >= 15 is 0 Å². The number of benzene rings is 1. The molecular formula is C13H13ClN2O3. The van der Waals surface area contributed by atoms with Crippen molar-refractivity contribution in [1.29, 1.82) is 0 Å². The van der Waals surface area contributed by atoms with Crippen molar-refractivity contribution in [2.24, 2.45) is 0 Å². The Labute approximate surface area is 116 Å². The Morgan fingerprint density at radius 2 is 2.05 bits per heavy atom. The lowest BCUT2D eigenvalue weighted by atomic mass is 10.3. The topological polar surface area (TPSA) is 69.6 Å². The third-order valence-corrected chi connectivity index (χ3v) is 2.52. The van der Waals surface area contributed by atoms with Crippen molar-refractivity contribution in [3.05, 3.63) is 29.3 Å². The van der Waals surface area contributed by atoms with Gasteiger partial charge in [-0.1, -0.05) is 29.7 Å². The van der Waals surface area contributed by atoms with E-state index in [-0.39, 0.29) is 25.5 Å². The number of hydrogen-bond acceptors (Lipinski definition) is 3. The van der Waals surface area contributed by atoms with E-state index in [9.17, 15) is 9.59 Å². The molecule has 0 aliphatic rings. The van der Waals surface area contributed by atoms with Gasteiger partial charge >= 0.3 is 5.97 Å². The summed E-state index contributed by atoms with van der Waals surface area (Å²) in [7, 11) is 0. The fourth-order valence-electron chi connectivity index (χ4n) is 1.44. The van der Waals surface area contributed by atoms with Crippen molar-refractivity contribution >= 4 is 29.2 Å². The number of hydrogen-bond donors (Lipinski definition) is 2. The smallest absolute Gasteiger partial charge is 0.317 e. The number of nitrogens with one attached hydrogen (secondary N) is 1. The maximum atomic E-state index is 11.8. The van der Waals surface area contributed by atoms with Crippen LogP contribution in [0.5, 0.6) is 0 Å². The molecule has 5 nitrogen and oxygen atoms in total. The average molecular weight is 281 g/mol. The zero-order valence-electron chi connectivity index (χ0n) is 10.1. The monoisotopic (exact) mass is 280 g/mol. The van der Waals surface area contributed by atoms with Gasteiger partial charge in [-0.25, -0.2) is 0 Å². The second-order valence-electron chi connectivity index (χ2n) is 3.77. The number of amides is 1. The van der Waals surface area contributed by atoms with Crippen molar-refractivity contribution in [3.63, 3.8) is 0 Å². The van der Waals surface area contributed by atoms with Gasteiger partial charge in [-0.3, -0.25) is 14.5 Å². The van der Waals surface area contributed by atoms with Crippen molar-refractivity contribution in [1.82, 2.24) is 4.90 Å². The number of para-hydroxylation sites is 1. The minimum absolute atomic E-state index is 0.0856. The molecule has 1 amide bonds. The van der Waals surface area contributed by atoms with Crippen LogP contribution in [0.15, 0.2) is 24.3 Å². The summed E-state index contributed by atoms with van der Waals surface area (Å²) < 4.78 is 0. The highest BCUT2D eigenvalue weighted by molar-refractivity contribution is 6.33. The van der Waals surface area contributed by atoms with Gasteiger partial charge in [-0.15, -0.1) is 6.42 Å². The molecule has 0 aliphatic carbocycles. The maximum absolute atomic E-state index is 11.8. The summed E-state index contributed by atoms with van der Waals surface area (Å²) in [6, 6.07) is 6.78. The number of carboxylic acids is 1. The second kappa shape index (κ2) is 7.41. The van der Waals surface area contributed by atoms with Crippen LogP contribution in [0.4, 0.5) is 5.69 Å². The quantitative estimate of drug-likeness (QED) is 0.771. The lowest BCUT2D eigenvalue weighted by Gasteiger charge is -2.17. The molecule has 2 N–H and O–H groups in total. The van der Waals surface area contributed by atoms with E-state index in [2.05, 4.69) is 11.2 Å². The molecule has 0 heterocycles. The highest BCUT2D eigenvalue weighted by atomic mass is 35.5. The lowest BCUT2D eigenvalue weighted by Crippen LogP contribution is -2.37. The highest BCUT2D eigenvalue weighted by Gasteiger charge is 2.13. The van der Waals surface area contributed by atoms with Gasteiger partial charge in [-0.2, -0.15) is 0 Å². The number of nitrogens with zero attached hydrogens (tertiary/aromatic N) is 1. The first-order valence-corrected chi connectivity index (χ1v) is 5.82. The maximum Gasteiger partial charge on any atom is 0.317 e. The summed E-state index contributed by atoms with van der Waals surface area (Å²) in [5, 5.41) is 11.7. The van der Waals surface area contributed by atoms with Crippen LogP contribution >= 0.6 is 11.6 Å². The van der Waals surface area contributed by atoms with E-state index in [0.29, 0.717) is 10.7 Å². The number of terminal acetylenes is 1. The van der Waals surface area contributed by atoms with Crippen LogP contribution in [-0.2, 0) is 9.59 Å². The SMILES string of the molecule is C#CCN(CC(=O)O)CC(=O)Nc1ccccc1Cl. The molecule has 6 heteroatoms. The minimum Gasteiger partial charge on any atom is -0.480 e. The van der Waals surface area contributed by atoms with E-state index in [0.717, 1.165) is 0 Å². The number of carbonyl (C=O) groups is 2. The van der Waals surface area contributed by atoms with E-state index in [1.165, 1.54) is 4.90 Å². The van der Waals surface area contributed by atoms with Crippen molar-refractivity contribution < 1.29 is 14.7 Å². The van der Waals surface area contributed by atoms with Crippen LogP contribution in [0, 0.1) is 12.3 Å². The molecule has 1 aromatic carbocycles. The van der Waals surface area contributed by atoms with E-state index in [1.54, 1.807) is 24.3 Å². The first-order chi connectivity index (χ1) is 9.02. The molecular weight excluding hydrogens is 268 g/mol. The molecule has 0 saturated heterocycles. The molecule has 0 atom stereocenters. The molecule has 0 unspecified atom stereocenters. The summed E-state index contributed by atoms with van der Waals surface area (Å²) in [6.07, 6.45) is 5.12. The summed E-state index contributed by atoms with van der Waals surface area (Å²) in [5.74, 6) is 0.899. The van der Waals surface area contributed by atoms with Gasteiger partial charge in [0, 0.05) is 0 Å². The number of rotatable bonds is 6. The van der Waals surface area contributed by atoms with Crippen molar-refractivity contribution in [2.45, 2.75) is 0 Å². The zero-order valence-corrected chi connectivity index (χ0v) is 10.9. The average Bonchev–Trinajstić information content (AvgIpc) is 2.31. The van der Waals surface area contributed by atoms with Crippen LogP contribution in [0.2, 0.25) is 5.02 Å². The van der Waals surface area contributed by atoms with Crippen molar-refractivity contribution in [3.8, 4) is 12.3 Å². The molecule has 0 radical (unpaired) electrons. The van der Waals surface area contributed by atoms with Gasteiger partial charge < -0.3 is 10.4 Å². The minimum atomic E-state index is -1.04. The Balaban J connectivity index is 2.60. The largest absolute Gasteiger partial charge is 0.480 e. The van der Waals surface area contributed by atoms with Gasteiger partial charge in [0.15, 0.2) is 0 Å². The molecule has 0 bridgehead atoms. The molecule has 100 valence electrons. The summed E-state index contributed by atoms with van der Waals surface area (Å²) in [4.78, 5) is 23.7. The van der Waals surface area contributed by atoms with Gasteiger partial charge in [0.2, 0.25) is 5.91 Å². The predicted molar refractivity (Wildman–Crippen MR) is 73.0 cm³/mol. The lowest BCUT2D eigenvalue weighted by molar-refractivity contribution is -0.138. The summed E-state index contributed by atoms with van der Waals surface area (Å²) >= 11 is 5.90. The fourth-order valence-corrected chi connectivity index (χ4v) is 1.63. The third-order valence-electron chi connectivity index (χ3n) is 2.19. The fraction of sp³-hybridized carbons (Fsp3) is 0.231. The zero-order chi connectivity index (χ0) is 14.3. The Morgan fingerprint density at radius 1 is 1.37 bits per heavy atom. The molecule has 0 aromatic heterocycles. The first-order valence-electron chi connectivity index (χ1n) is 5.45. The van der Waals surface area contributed by atoms with Gasteiger partial charge in [0.1, 0.15) is 0 Å². The predicted octanol–water partition coefficient (Wildman–Crippen LogP) is 1.30. The molecule has 0 aliphatic heterocycles. The van der Waals surface area contributed by atoms with Gasteiger partial charge in [-0.05, 0) is 12.1 Å². The second-order valence-corrected chi connectivity index (χ2v) is 4.18. The van der Waals surface area contributed by atoms with Crippen LogP contribution in [0.1, 0.15) is 0 Å². The number of carboxylic acid groups (broad SMARTS) is 1. The third kappa shape index (κ3) is 5.42. The summed E-state index contributed by atoms with van der Waals surface area (Å²) in [6.45, 7) is -0.315. The molecule has 19 heavy (non-hydrogen) atoms. The highest BCUT2D eigenvalue weighted by Crippen LogP contribution is 2.20. The van der Waals surface area contributed by atoms with Crippen molar-refractivity contribution in [2.75, 3.05) is 25.0 Å². The Bertz CT molecular complexity index is 511. The first kappa shape index (κ1) is 15.0. The Morgan fingerprint density at radius 3 is 2.63 bits per heavy atom. The molecule has 1 rings (SSSR count). The Hall–Kier alpha value is -2.03. The molecule has 0 fully saturated rings. The Kier molecular flexibility index (Phi) is 5.86. The number of aliphatic carboxylic acids is 1. The number of halogens is 1. The van der Waals surface area contributed by atoms with Crippen LogP contribution in [0.25, 0.3) is 0 Å². The van der Waals surface area contributed by atoms with E-state index < -0.39 is 5.97 Å². The normalized spacial score (nSPS) is 9.95. The summed E-state index contributed by atoms with van der Waals surface area (Å²) in [5.41, 5.74) is 0.477. The van der Waals surface area contributed by atoms with E-state index in [1.807, 2.05) is 0 Å². The molecule has 0 spiro atoms.